The number of carbonyl (C=O) groups is 3. The van der Waals surface area contributed by atoms with E-state index in [1.165, 1.54) is 0 Å². The molecule has 3 saturated heterocycles. The van der Waals surface area contributed by atoms with E-state index < -0.39 is 41.1 Å². The van der Waals surface area contributed by atoms with Crippen molar-refractivity contribution in [1.29, 1.82) is 0 Å². The van der Waals surface area contributed by atoms with Crippen LogP contribution in [-0.2, 0) is 23.9 Å². The molecule has 3 fully saturated rings. The molecule has 0 aliphatic carbocycles. The van der Waals surface area contributed by atoms with E-state index in [9.17, 15) is 19.5 Å². The largest absolute Gasteiger partial charge is 0.465 e. The number of nitrogens with zero attached hydrogens (tertiary/aromatic N) is 2. The maximum Gasteiger partial charge on any atom is 0.312 e. The topological polar surface area (TPSA) is 96.4 Å². The second-order valence-corrected chi connectivity index (χ2v) is 11.9. The molecule has 4 rings (SSSR count). The number of benzene rings is 1. The molecule has 3 aliphatic rings. The molecule has 41 heavy (non-hydrogen) atoms. The van der Waals surface area contributed by atoms with Crippen molar-refractivity contribution in [3.63, 3.8) is 0 Å². The fourth-order valence-electron chi connectivity index (χ4n) is 7.60. The molecule has 1 N–H and O–H groups in total. The Hall–Kier alpha value is -2.97. The number of amides is 2. The van der Waals surface area contributed by atoms with Gasteiger partial charge in [0.1, 0.15) is 17.6 Å². The van der Waals surface area contributed by atoms with Gasteiger partial charge >= 0.3 is 5.97 Å². The zero-order chi connectivity index (χ0) is 30.1. The van der Waals surface area contributed by atoms with Crippen LogP contribution >= 0.6 is 0 Å². The van der Waals surface area contributed by atoms with Gasteiger partial charge in [0, 0.05) is 12.2 Å². The van der Waals surface area contributed by atoms with Crippen LogP contribution in [0.25, 0.3) is 0 Å². The minimum absolute atomic E-state index is 0.0853. The molecule has 3 heterocycles. The standard InChI is InChI=1S/C33H46N2O6/c1-8-12-19-40-31(39)26-25-29(37)35(24(20-36)21(5)10-3)28(33(25)17-16-32(26,11-4)41-33)30(38)34(18-9-2)27-22(6)14-13-15-23(27)7/h8-9,13-15,21,24-26,28,36H,1-2,10-12,16-20H2,3-7H3/t21-,24-,25-,26-,28?,32+,33?/m0/s1. The van der Waals surface area contributed by atoms with Crippen molar-refractivity contribution in [2.75, 3.05) is 24.7 Å². The van der Waals surface area contributed by atoms with Crippen LogP contribution in [0.2, 0.25) is 0 Å². The number of fused-ring (bicyclic) bond motifs is 1. The molecule has 1 spiro atoms. The van der Waals surface area contributed by atoms with E-state index in [0.717, 1.165) is 16.8 Å². The highest BCUT2D eigenvalue weighted by Crippen LogP contribution is 2.65. The van der Waals surface area contributed by atoms with E-state index in [-0.39, 0.29) is 37.5 Å². The summed E-state index contributed by atoms with van der Waals surface area (Å²) in [5, 5.41) is 10.6. The lowest BCUT2D eigenvalue weighted by molar-refractivity contribution is -0.162. The summed E-state index contributed by atoms with van der Waals surface area (Å²) in [5.41, 5.74) is 0.533. The molecule has 0 aromatic heterocycles. The van der Waals surface area contributed by atoms with Crippen LogP contribution < -0.4 is 4.90 Å². The summed E-state index contributed by atoms with van der Waals surface area (Å²) in [6, 6.07) is 4.25. The molecule has 224 valence electrons. The van der Waals surface area contributed by atoms with Crippen LogP contribution in [0.5, 0.6) is 0 Å². The predicted octanol–water partition coefficient (Wildman–Crippen LogP) is 4.50. The highest BCUT2D eigenvalue weighted by Gasteiger charge is 2.79. The number of rotatable bonds is 13. The molecule has 1 aromatic carbocycles. The first-order valence-corrected chi connectivity index (χ1v) is 15.0. The van der Waals surface area contributed by atoms with E-state index >= 15 is 0 Å². The van der Waals surface area contributed by atoms with Crippen molar-refractivity contribution in [2.24, 2.45) is 17.8 Å². The number of ether oxygens (including phenoxy) is 2. The lowest BCUT2D eigenvalue weighted by atomic mass is 9.65. The monoisotopic (exact) mass is 566 g/mol. The maximum atomic E-state index is 14.9. The lowest BCUT2D eigenvalue weighted by Crippen LogP contribution is -2.60. The zero-order valence-electron chi connectivity index (χ0n) is 25.2. The third-order valence-corrected chi connectivity index (χ3v) is 9.81. The summed E-state index contributed by atoms with van der Waals surface area (Å²) in [6.07, 6.45) is 6.09. The molecule has 1 aromatic rings. The first-order chi connectivity index (χ1) is 19.6. The smallest absolute Gasteiger partial charge is 0.312 e. The molecule has 3 aliphatic heterocycles. The molecular weight excluding hydrogens is 520 g/mol. The van der Waals surface area contributed by atoms with E-state index in [0.29, 0.717) is 32.1 Å². The molecule has 2 amide bonds. The summed E-state index contributed by atoms with van der Waals surface area (Å²) < 4.78 is 12.5. The normalized spacial score (nSPS) is 29.7. The Labute approximate surface area is 244 Å². The molecule has 7 atom stereocenters. The predicted molar refractivity (Wildman–Crippen MR) is 158 cm³/mol. The van der Waals surface area contributed by atoms with Gasteiger partial charge in [-0.1, -0.05) is 57.5 Å². The molecule has 0 radical (unpaired) electrons. The van der Waals surface area contributed by atoms with Gasteiger partial charge in [0.15, 0.2) is 0 Å². The van der Waals surface area contributed by atoms with Crippen LogP contribution in [0.1, 0.15) is 64.0 Å². The number of likely N-dealkylation sites (tertiary alicyclic amines) is 1. The fourth-order valence-corrected chi connectivity index (χ4v) is 7.60. The third kappa shape index (κ3) is 4.83. The van der Waals surface area contributed by atoms with Gasteiger partial charge in [-0.15, -0.1) is 13.2 Å². The summed E-state index contributed by atoms with van der Waals surface area (Å²) in [6.45, 7) is 17.6. The van der Waals surface area contributed by atoms with Crippen molar-refractivity contribution in [3.8, 4) is 0 Å². The van der Waals surface area contributed by atoms with E-state index in [1.807, 2.05) is 52.8 Å². The maximum absolute atomic E-state index is 14.9. The molecular formula is C33H46N2O6. The quantitative estimate of drug-likeness (QED) is 0.215. The summed E-state index contributed by atoms with van der Waals surface area (Å²) in [5.74, 6) is -2.86. The van der Waals surface area contributed by atoms with Gasteiger partial charge in [-0.05, 0) is 56.6 Å². The number of anilines is 1. The number of aliphatic hydroxyl groups excluding tert-OH is 1. The number of esters is 1. The summed E-state index contributed by atoms with van der Waals surface area (Å²) in [4.78, 5) is 46.4. The van der Waals surface area contributed by atoms with Crippen LogP contribution in [0.3, 0.4) is 0 Å². The molecule has 8 nitrogen and oxygen atoms in total. The Morgan fingerprint density at radius 3 is 2.46 bits per heavy atom. The van der Waals surface area contributed by atoms with Crippen LogP contribution in [0.15, 0.2) is 43.5 Å². The lowest BCUT2D eigenvalue weighted by Gasteiger charge is -2.41. The summed E-state index contributed by atoms with van der Waals surface area (Å²) >= 11 is 0. The number of carbonyl (C=O) groups excluding carboxylic acids is 3. The van der Waals surface area contributed by atoms with Crippen LogP contribution in [0, 0.1) is 31.6 Å². The Morgan fingerprint density at radius 2 is 1.90 bits per heavy atom. The minimum Gasteiger partial charge on any atom is -0.465 e. The number of aliphatic hydroxyl groups is 1. The van der Waals surface area contributed by atoms with Crippen LogP contribution in [0.4, 0.5) is 5.69 Å². The van der Waals surface area contributed by atoms with E-state index in [2.05, 4.69) is 13.2 Å². The minimum atomic E-state index is -1.21. The molecule has 0 saturated carbocycles. The Kier molecular flexibility index (Phi) is 9.14. The average Bonchev–Trinajstić information content (AvgIpc) is 3.56. The van der Waals surface area contributed by atoms with Crippen molar-refractivity contribution >= 4 is 23.5 Å². The van der Waals surface area contributed by atoms with Gasteiger partial charge in [0.25, 0.3) is 5.91 Å². The Morgan fingerprint density at radius 1 is 1.22 bits per heavy atom. The number of aryl methyl sites for hydroxylation is 2. The van der Waals surface area contributed by atoms with E-state index in [1.54, 1.807) is 22.0 Å². The zero-order valence-corrected chi connectivity index (χ0v) is 25.2. The second kappa shape index (κ2) is 12.1. The third-order valence-electron chi connectivity index (χ3n) is 9.81. The average molecular weight is 567 g/mol. The second-order valence-electron chi connectivity index (χ2n) is 11.9. The van der Waals surface area contributed by atoms with Gasteiger partial charge in [0.2, 0.25) is 5.91 Å². The van der Waals surface area contributed by atoms with Crippen molar-refractivity contribution < 1.29 is 29.0 Å². The summed E-state index contributed by atoms with van der Waals surface area (Å²) in [7, 11) is 0. The van der Waals surface area contributed by atoms with E-state index in [4.69, 9.17) is 9.47 Å². The first-order valence-electron chi connectivity index (χ1n) is 15.0. The molecule has 8 heteroatoms. The van der Waals surface area contributed by atoms with Gasteiger partial charge in [-0.2, -0.15) is 0 Å². The number of hydrogen-bond donors (Lipinski definition) is 1. The molecule has 2 bridgehead atoms. The SMILES string of the molecule is C=CCCOC(=O)[C@@H]1[C@H]2C(=O)N([C@@H](CO)[C@@H](C)CC)C(C(=O)N(CC=C)c3c(C)cccc3C)C23CC[C@@]1(CC)O3. The van der Waals surface area contributed by atoms with Gasteiger partial charge in [-0.25, -0.2) is 0 Å². The van der Waals surface area contributed by atoms with Crippen molar-refractivity contribution in [2.45, 2.75) is 90.0 Å². The van der Waals surface area contributed by atoms with Crippen molar-refractivity contribution in [3.05, 3.63) is 54.6 Å². The Balaban J connectivity index is 1.89. The number of hydrogen-bond acceptors (Lipinski definition) is 6. The Bertz CT molecular complexity index is 1180. The molecule has 2 unspecified atom stereocenters. The van der Waals surface area contributed by atoms with Gasteiger partial charge < -0.3 is 24.4 Å². The number of para-hydroxylation sites is 1. The fraction of sp³-hybridized carbons (Fsp3) is 0.606. The first kappa shape index (κ1) is 31.0. The van der Waals surface area contributed by atoms with Crippen LogP contribution in [-0.4, -0.2) is 70.8 Å². The van der Waals surface area contributed by atoms with Gasteiger partial charge in [-0.3, -0.25) is 14.4 Å². The van der Waals surface area contributed by atoms with Crippen molar-refractivity contribution in [1.82, 2.24) is 4.90 Å². The van der Waals surface area contributed by atoms with Gasteiger partial charge in [0.05, 0.1) is 30.8 Å². The highest BCUT2D eigenvalue weighted by molar-refractivity contribution is 6.05. The highest BCUT2D eigenvalue weighted by atomic mass is 16.6.